The molecular weight excluding hydrogens is 500 g/mol. The number of nitrogens with one attached hydrogen (secondary N) is 1. The monoisotopic (exact) mass is 527 g/mol. The van der Waals surface area contributed by atoms with Crippen LogP contribution >= 0.6 is 24.0 Å². The van der Waals surface area contributed by atoms with Gasteiger partial charge in [-0.25, -0.2) is 4.39 Å². The molecule has 0 radical (unpaired) electrons. The summed E-state index contributed by atoms with van der Waals surface area (Å²) in [6, 6.07) is 12.9. The highest BCUT2D eigenvalue weighted by Crippen LogP contribution is 2.29. The molecule has 4 rings (SSSR count). The molecule has 0 bridgehead atoms. The maximum Gasteiger partial charge on any atom is 0.193 e. The smallest absolute Gasteiger partial charge is 0.193 e. The Morgan fingerprint density at radius 1 is 1.23 bits per heavy atom. The van der Waals surface area contributed by atoms with Crippen LogP contribution in [-0.2, 0) is 17.9 Å². The Hall–Kier alpha value is -2.07. The van der Waals surface area contributed by atoms with Gasteiger partial charge in [-0.15, -0.1) is 24.0 Å². The lowest BCUT2D eigenvalue weighted by Crippen LogP contribution is -2.47. The molecule has 0 aliphatic carbocycles. The van der Waals surface area contributed by atoms with Gasteiger partial charge in [-0.1, -0.05) is 18.2 Å². The Morgan fingerprint density at radius 2 is 2.00 bits per heavy atom. The molecule has 0 unspecified atom stereocenters. The Labute approximate surface area is 193 Å². The van der Waals surface area contributed by atoms with Gasteiger partial charge in [0.2, 0.25) is 0 Å². The van der Waals surface area contributed by atoms with Crippen molar-refractivity contribution < 1.29 is 18.6 Å². The Morgan fingerprint density at radius 3 is 2.73 bits per heavy atom. The first kappa shape index (κ1) is 22.6. The summed E-state index contributed by atoms with van der Waals surface area (Å²) in [5.41, 5.74) is 1.51. The molecule has 1 N–H and O–H groups in total. The summed E-state index contributed by atoms with van der Waals surface area (Å²) in [6.45, 7) is 2.69. The highest BCUT2D eigenvalue weighted by atomic mass is 127. The van der Waals surface area contributed by atoms with E-state index in [4.69, 9.17) is 14.2 Å². The highest BCUT2D eigenvalue weighted by Gasteiger charge is 2.23. The van der Waals surface area contributed by atoms with E-state index in [9.17, 15) is 4.39 Å². The number of fused-ring (bicyclic) bond motifs is 1. The number of hydrogen-bond donors (Lipinski definition) is 1. The van der Waals surface area contributed by atoms with Crippen LogP contribution in [0, 0.1) is 5.82 Å². The zero-order chi connectivity index (χ0) is 20.1. The van der Waals surface area contributed by atoms with Crippen LogP contribution in [0.4, 0.5) is 4.39 Å². The molecule has 8 heteroatoms. The van der Waals surface area contributed by atoms with E-state index in [0.29, 0.717) is 18.9 Å². The number of rotatable bonds is 4. The normalized spacial score (nSPS) is 16.9. The fourth-order valence-electron chi connectivity index (χ4n) is 3.77. The fourth-order valence-corrected chi connectivity index (χ4v) is 3.77. The van der Waals surface area contributed by atoms with Crippen molar-refractivity contribution in [2.24, 2.45) is 4.99 Å². The zero-order valence-corrected chi connectivity index (χ0v) is 19.3. The third-order valence-electron chi connectivity index (χ3n) is 5.19. The summed E-state index contributed by atoms with van der Waals surface area (Å²) in [4.78, 5) is 6.61. The number of para-hydroxylation sites is 1. The molecule has 2 aliphatic rings. The van der Waals surface area contributed by atoms with Crippen molar-refractivity contribution in [3.8, 4) is 11.5 Å². The number of ether oxygens (including phenoxy) is 3. The first-order valence-electron chi connectivity index (χ1n) is 9.92. The van der Waals surface area contributed by atoms with E-state index in [-0.39, 0.29) is 42.7 Å². The van der Waals surface area contributed by atoms with Crippen LogP contribution in [0.2, 0.25) is 0 Å². The summed E-state index contributed by atoms with van der Waals surface area (Å²) in [5, 5.41) is 3.34. The van der Waals surface area contributed by atoms with E-state index in [0.717, 1.165) is 48.8 Å². The SMILES string of the molecule is CN=C(NCc1cc(F)cc2c1OCOC2)N1CCC(Oc2ccccc2)CC1.I. The number of benzene rings is 2. The van der Waals surface area contributed by atoms with Gasteiger partial charge < -0.3 is 24.4 Å². The van der Waals surface area contributed by atoms with Gasteiger partial charge in [0.05, 0.1) is 6.61 Å². The number of hydrogen-bond acceptors (Lipinski definition) is 4. The highest BCUT2D eigenvalue weighted by molar-refractivity contribution is 14.0. The minimum absolute atomic E-state index is 0. The molecule has 162 valence electrons. The van der Waals surface area contributed by atoms with Crippen LogP contribution in [0.1, 0.15) is 24.0 Å². The number of nitrogens with zero attached hydrogens (tertiary/aromatic N) is 2. The number of piperidine rings is 1. The lowest BCUT2D eigenvalue weighted by molar-refractivity contribution is -0.0173. The van der Waals surface area contributed by atoms with Crippen LogP contribution in [0.3, 0.4) is 0 Å². The fraction of sp³-hybridized carbons (Fsp3) is 0.409. The standard InChI is InChI=1S/C22H26FN3O3.HI/c1-24-22(25-13-16-11-18(23)12-17-14-27-15-28-21(16)17)26-9-7-20(8-10-26)29-19-5-3-2-4-6-19;/h2-6,11-12,20H,7-10,13-15H2,1H3,(H,24,25);1H. The summed E-state index contributed by atoms with van der Waals surface area (Å²) in [5.74, 6) is 2.13. The molecule has 0 amide bonds. The molecule has 0 atom stereocenters. The van der Waals surface area contributed by atoms with Crippen LogP contribution in [0.25, 0.3) is 0 Å². The molecule has 30 heavy (non-hydrogen) atoms. The van der Waals surface area contributed by atoms with Crippen molar-refractivity contribution in [3.63, 3.8) is 0 Å². The van der Waals surface area contributed by atoms with Crippen molar-refractivity contribution in [2.75, 3.05) is 26.9 Å². The number of aliphatic imine (C=N–C) groups is 1. The van der Waals surface area contributed by atoms with E-state index in [1.165, 1.54) is 12.1 Å². The van der Waals surface area contributed by atoms with E-state index in [1.54, 1.807) is 7.05 Å². The first-order chi connectivity index (χ1) is 14.2. The maximum absolute atomic E-state index is 13.9. The van der Waals surface area contributed by atoms with Gasteiger partial charge in [0.1, 0.15) is 23.4 Å². The van der Waals surface area contributed by atoms with Crippen molar-refractivity contribution >= 4 is 29.9 Å². The second-order valence-electron chi connectivity index (χ2n) is 7.18. The predicted octanol–water partition coefficient (Wildman–Crippen LogP) is 3.93. The van der Waals surface area contributed by atoms with Gasteiger partial charge >= 0.3 is 0 Å². The van der Waals surface area contributed by atoms with E-state index < -0.39 is 0 Å². The third-order valence-corrected chi connectivity index (χ3v) is 5.19. The second-order valence-corrected chi connectivity index (χ2v) is 7.18. The molecule has 2 aromatic carbocycles. The first-order valence-corrected chi connectivity index (χ1v) is 9.92. The molecule has 2 aliphatic heterocycles. The second kappa shape index (κ2) is 10.8. The van der Waals surface area contributed by atoms with E-state index >= 15 is 0 Å². The molecule has 0 saturated carbocycles. The molecule has 2 aromatic rings. The Kier molecular flexibility index (Phi) is 8.15. The van der Waals surface area contributed by atoms with Crippen molar-refractivity contribution in [1.29, 1.82) is 0 Å². The largest absolute Gasteiger partial charge is 0.490 e. The van der Waals surface area contributed by atoms with E-state index in [1.807, 2.05) is 30.3 Å². The molecule has 1 saturated heterocycles. The lowest BCUT2D eigenvalue weighted by atomic mass is 10.1. The third kappa shape index (κ3) is 5.54. The molecule has 6 nitrogen and oxygen atoms in total. The summed E-state index contributed by atoms with van der Waals surface area (Å²) < 4.78 is 30.8. The van der Waals surface area contributed by atoms with Crippen molar-refractivity contribution in [1.82, 2.24) is 10.2 Å². The van der Waals surface area contributed by atoms with Crippen molar-refractivity contribution in [2.45, 2.75) is 32.1 Å². The Bertz CT molecular complexity index is 858. The van der Waals surface area contributed by atoms with Crippen LogP contribution in [0.5, 0.6) is 11.5 Å². The average Bonchev–Trinajstić information content (AvgIpc) is 2.76. The predicted molar refractivity (Wildman–Crippen MR) is 124 cm³/mol. The van der Waals surface area contributed by atoms with Crippen LogP contribution in [0.15, 0.2) is 47.5 Å². The van der Waals surface area contributed by atoms with Crippen molar-refractivity contribution in [3.05, 3.63) is 59.4 Å². The number of likely N-dealkylation sites (tertiary alicyclic amines) is 1. The summed E-state index contributed by atoms with van der Waals surface area (Å²) in [7, 11) is 1.76. The van der Waals surface area contributed by atoms with Crippen LogP contribution < -0.4 is 14.8 Å². The lowest BCUT2D eigenvalue weighted by Gasteiger charge is -2.34. The van der Waals surface area contributed by atoms with Gasteiger partial charge in [0, 0.05) is 50.7 Å². The van der Waals surface area contributed by atoms with Crippen LogP contribution in [-0.4, -0.2) is 43.9 Å². The molecule has 0 aromatic heterocycles. The topological polar surface area (TPSA) is 55.3 Å². The summed E-state index contributed by atoms with van der Waals surface area (Å²) in [6.07, 6.45) is 2.05. The van der Waals surface area contributed by atoms with Gasteiger partial charge in [0.25, 0.3) is 0 Å². The van der Waals surface area contributed by atoms with Gasteiger partial charge in [0.15, 0.2) is 12.8 Å². The maximum atomic E-state index is 13.9. The quantitative estimate of drug-likeness (QED) is 0.371. The van der Waals surface area contributed by atoms with E-state index in [2.05, 4.69) is 15.2 Å². The Balaban J connectivity index is 0.00000256. The average molecular weight is 527 g/mol. The van der Waals surface area contributed by atoms with Gasteiger partial charge in [-0.3, -0.25) is 4.99 Å². The molecule has 0 spiro atoms. The van der Waals surface area contributed by atoms with Gasteiger partial charge in [-0.2, -0.15) is 0 Å². The molecular formula is C22H27FIN3O3. The zero-order valence-electron chi connectivity index (χ0n) is 17.0. The minimum atomic E-state index is -0.288. The summed E-state index contributed by atoms with van der Waals surface area (Å²) >= 11 is 0. The van der Waals surface area contributed by atoms with Gasteiger partial charge in [-0.05, 0) is 24.3 Å². The molecule has 1 fully saturated rings. The minimum Gasteiger partial charge on any atom is -0.490 e. The molecule has 2 heterocycles. The number of guanidine groups is 1. The number of halogens is 2.